The van der Waals surface area contributed by atoms with Gasteiger partial charge in [-0.25, -0.2) is 4.79 Å². The molecule has 0 unspecified atom stereocenters. The molecule has 0 saturated heterocycles. The van der Waals surface area contributed by atoms with Crippen molar-refractivity contribution in [2.75, 3.05) is 26.3 Å². The number of amides is 1. The van der Waals surface area contributed by atoms with Gasteiger partial charge in [-0.3, -0.25) is 0 Å². The number of methoxy groups -OCH3 is 1. The van der Waals surface area contributed by atoms with Crippen molar-refractivity contribution in [1.82, 2.24) is 5.32 Å². The van der Waals surface area contributed by atoms with Gasteiger partial charge in [-0.15, -0.1) is 0 Å². The highest BCUT2D eigenvalue weighted by atomic mass is 35.5. The highest BCUT2D eigenvalue weighted by Crippen LogP contribution is 1.79. The number of hydrogen-bond acceptors (Lipinski definition) is 3. The molecule has 0 aliphatic carbocycles. The number of rotatable bonds is 4. The lowest BCUT2D eigenvalue weighted by atomic mass is 10.7. The molecule has 4 nitrogen and oxygen atoms in total. The zero-order valence-corrected chi connectivity index (χ0v) is 6.48. The first-order valence-corrected chi connectivity index (χ1v) is 3.30. The molecule has 5 heteroatoms. The van der Waals surface area contributed by atoms with Crippen molar-refractivity contribution in [1.29, 1.82) is 0 Å². The Hall–Kier alpha value is -0.480. The molecule has 0 bridgehead atoms. The van der Waals surface area contributed by atoms with Gasteiger partial charge in [0.2, 0.25) is 0 Å². The number of alkyl carbamates (subject to hydrolysis) is 1. The van der Waals surface area contributed by atoms with Gasteiger partial charge in [-0.05, 0) is 0 Å². The summed E-state index contributed by atoms with van der Waals surface area (Å²) in [5, 5.41) is 2.41. The summed E-state index contributed by atoms with van der Waals surface area (Å²) < 4.78 is 9.02. The third-order valence-corrected chi connectivity index (χ3v) is 0.870. The summed E-state index contributed by atoms with van der Waals surface area (Å²) in [5.74, 6) is 0. The van der Waals surface area contributed by atoms with Crippen molar-refractivity contribution in [3.63, 3.8) is 0 Å². The summed E-state index contributed by atoms with van der Waals surface area (Å²) in [6.07, 6.45) is -0.521. The zero-order valence-electron chi connectivity index (χ0n) is 5.72. The van der Waals surface area contributed by atoms with E-state index in [0.717, 1.165) is 0 Å². The van der Waals surface area contributed by atoms with Crippen LogP contribution in [0.25, 0.3) is 0 Å². The fraction of sp³-hybridized carbons (Fsp3) is 0.800. The van der Waals surface area contributed by atoms with Crippen molar-refractivity contribution in [3.8, 4) is 0 Å². The molecule has 0 aromatic heterocycles. The Labute approximate surface area is 64.4 Å². The first kappa shape index (κ1) is 9.52. The smallest absolute Gasteiger partial charge is 0.408 e. The van der Waals surface area contributed by atoms with Gasteiger partial charge < -0.3 is 14.8 Å². The minimum absolute atomic E-state index is 0.126. The Balaban J connectivity index is 3.05. The van der Waals surface area contributed by atoms with Crippen LogP contribution in [0.1, 0.15) is 0 Å². The van der Waals surface area contributed by atoms with Crippen molar-refractivity contribution in [3.05, 3.63) is 0 Å². The van der Waals surface area contributed by atoms with Crippen LogP contribution in [-0.2, 0) is 9.47 Å². The lowest BCUT2D eigenvalue weighted by molar-refractivity contribution is 0.154. The number of carbonyl (C=O) groups excluding carboxylic acids is 1. The first-order chi connectivity index (χ1) is 4.81. The van der Waals surface area contributed by atoms with Crippen LogP contribution in [0.3, 0.4) is 0 Å². The molecular weight excluding hydrogens is 158 g/mol. The minimum Gasteiger partial charge on any atom is -0.433 e. The molecule has 60 valence electrons. The molecule has 1 N–H and O–H groups in total. The lowest BCUT2D eigenvalue weighted by Gasteiger charge is -2.02. The standard InChI is InChI=1S/C5H10ClNO3/c1-9-3-2-7-5(8)10-4-6/h2-4H2,1H3,(H,7,8). The second kappa shape index (κ2) is 6.64. The molecule has 10 heavy (non-hydrogen) atoms. The van der Waals surface area contributed by atoms with Crippen molar-refractivity contribution >= 4 is 17.7 Å². The summed E-state index contributed by atoms with van der Waals surface area (Å²) in [7, 11) is 1.55. The van der Waals surface area contributed by atoms with Crippen molar-refractivity contribution in [2.45, 2.75) is 0 Å². The topological polar surface area (TPSA) is 47.6 Å². The van der Waals surface area contributed by atoms with Crippen LogP contribution in [-0.4, -0.2) is 32.4 Å². The van der Waals surface area contributed by atoms with E-state index in [1.807, 2.05) is 0 Å². The largest absolute Gasteiger partial charge is 0.433 e. The van der Waals surface area contributed by atoms with Crippen molar-refractivity contribution in [2.24, 2.45) is 0 Å². The number of ether oxygens (including phenoxy) is 2. The number of hydrogen-bond donors (Lipinski definition) is 1. The van der Waals surface area contributed by atoms with Crippen LogP contribution >= 0.6 is 11.6 Å². The summed E-state index contributed by atoms with van der Waals surface area (Å²) in [5.41, 5.74) is 0. The molecule has 0 heterocycles. The number of halogens is 1. The molecule has 0 aromatic rings. The van der Waals surface area contributed by atoms with Gasteiger partial charge in [0.25, 0.3) is 0 Å². The molecule has 0 aliphatic rings. The normalized spacial score (nSPS) is 9.00. The van der Waals surface area contributed by atoms with Gasteiger partial charge in [-0.2, -0.15) is 0 Å². The Morgan fingerprint density at radius 2 is 2.40 bits per heavy atom. The fourth-order valence-corrected chi connectivity index (χ4v) is 0.455. The molecule has 0 fully saturated rings. The molecular formula is C5H10ClNO3. The second-order valence-corrected chi connectivity index (χ2v) is 1.68. The van der Waals surface area contributed by atoms with E-state index in [9.17, 15) is 4.79 Å². The van der Waals surface area contributed by atoms with Crippen LogP contribution in [0.15, 0.2) is 0 Å². The van der Waals surface area contributed by atoms with E-state index < -0.39 is 6.09 Å². The fourth-order valence-electron chi connectivity index (χ4n) is 0.356. The van der Waals surface area contributed by atoms with E-state index in [2.05, 4.69) is 14.8 Å². The summed E-state index contributed by atoms with van der Waals surface area (Å²) >= 11 is 5.09. The number of carbonyl (C=O) groups is 1. The number of alkyl halides is 1. The van der Waals surface area contributed by atoms with Gasteiger partial charge in [0.1, 0.15) is 0 Å². The van der Waals surface area contributed by atoms with Gasteiger partial charge in [0.15, 0.2) is 6.07 Å². The predicted molar refractivity (Wildman–Crippen MR) is 37.1 cm³/mol. The van der Waals surface area contributed by atoms with Gasteiger partial charge >= 0.3 is 6.09 Å². The Kier molecular flexibility index (Phi) is 6.32. The Bertz CT molecular complexity index is 98.9. The molecule has 0 atom stereocenters. The average Bonchev–Trinajstić information content (AvgIpc) is 1.89. The molecule has 0 radical (unpaired) electrons. The maximum absolute atomic E-state index is 10.4. The SMILES string of the molecule is COCCNC(=O)OCCl. The van der Waals surface area contributed by atoms with Crippen LogP contribution in [0.4, 0.5) is 4.79 Å². The second-order valence-electron chi connectivity index (χ2n) is 1.46. The van der Waals surface area contributed by atoms with Gasteiger partial charge in [-0.1, -0.05) is 11.6 Å². The summed E-state index contributed by atoms with van der Waals surface area (Å²) in [4.78, 5) is 10.4. The quantitative estimate of drug-likeness (QED) is 0.492. The maximum atomic E-state index is 10.4. The lowest BCUT2D eigenvalue weighted by Crippen LogP contribution is -2.27. The molecule has 0 aromatic carbocycles. The summed E-state index contributed by atoms with van der Waals surface area (Å²) in [6, 6.07) is -0.126. The average molecular weight is 168 g/mol. The van der Waals surface area contributed by atoms with Gasteiger partial charge in [0, 0.05) is 13.7 Å². The third-order valence-electron chi connectivity index (χ3n) is 0.761. The van der Waals surface area contributed by atoms with Crippen LogP contribution in [0.2, 0.25) is 0 Å². The summed E-state index contributed by atoms with van der Waals surface area (Å²) in [6.45, 7) is 0.906. The minimum atomic E-state index is -0.521. The molecule has 0 rings (SSSR count). The Morgan fingerprint density at radius 1 is 1.70 bits per heavy atom. The molecule has 0 aliphatic heterocycles. The van der Waals surface area contributed by atoms with E-state index >= 15 is 0 Å². The Morgan fingerprint density at radius 3 is 2.90 bits per heavy atom. The predicted octanol–water partition coefficient (Wildman–Crippen LogP) is 0.555. The zero-order chi connectivity index (χ0) is 7.82. The monoisotopic (exact) mass is 167 g/mol. The van der Waals surface area contributed by atoms with E-state index in [0.29, 0.717) is 13.2 Å². The van der Waals surface area contributed by atoms with Crippen LogP contribution < -0.4 is 5.32 Å². The van der Waals surface area contributed by atoms with Crippen LogP contribution in [0, 0.1) is 0 Å². The van der Waals surface area contributed by atoms with E-state index in [1.165, 1.54) is 0 Å². The highest BCUT2D eigenvalue weighted by Gasteiger charge is 1.96. The van der Waals surface area contributed by atoms with Crippen LogP contribution in [0.5, 0.6) is 0 Å². The van der Waals surface area contributed by atoms with E-state index in [1.54, 1.807) is 7.11 Å². The molecule has 0 spiro atoms. The van der Waals surface area contributed by atoms with E-state index in [-0.39, 0.29) is 6.07 Å². The van der Waals surface area contributed by atoms with Crippen molar-refractivity contribution < 1.29 is 14.3 Å². The number of nitrogens with one attached hydrogen (secondary N) is 1. The molecule has 1 amide bonds. The first-order valence-electron chi connectivity index (χ1n) is 2.76. The van der Waals surface area contributed by atoms with E-state index in [4.69, 9.17) is 11.6 Å². The third kappa shape index (κ3) is 5.65. The maximum Gasteiger partial charge on any atom is 0.408 e. The van der Waals surface area contributed by atoms with Gasteiger partial charge in [0.05, 0.1) is 6.61 Å². The molecule has 0 saturated carbocycles. The highest BCUT2D eigenvalue weighted by molar-refractivity contribution is 6.17.